The van der Waals surface area contributed by atoms with Gasteiger partial charge in [0.05, 0.1) is 11.0 Å². The first-order valence-corrected chi connectivity index (χ1v) is 6.57. The molecule has 9 heteroatoms. The lowest BCUT2D eigenvalue weighted by atomic mass is 10.2. The first-order valence-electron chi connectivity index (χ1n) is 6.57. The van der Waals surface area contributed by atoms with Gasteiger partial charge in [-0.15, -0.1) is 0 Å². The van der Waals surface area contributed by atoms with Gasteiger partial charge in [0.2, 0.25) is 6.54 Å². The molecule has 22 heavy (non-hydrogen) atoms. The molecule has 3 rings (SSSR count). The van der Waals surface area contributed by atoms with Crippen LogP contribution in [0.5, 0.6) is 0 Å². The molecule has 0 aliphatic carbocycles. The molecule has 2 heterocycles. The van der Waals surface area contributed by atoms with Crippen LogP contribution in [0.2, 0.25) is 0 Å². The average Bonchev–Trinajstić information content (AvgIpc) is 2.47. The number of H-pyrrole nitrogens is 1. The zero-order valence-electron chi connectivity index (χ0n) is 11.4. The number of hydrogen-bond acceptors (Lipinski definition) is 6. The summed E-state index contributed by atoms with van der Waals surface area (Å²) in [7, 11) is 0. The maximum absolute atomic E-state index is 11.9. The predicted molar refractivity (Wildman–Crippen MR) is 77.5 cm³/mol. The fourth-order valence-corrected chi connectivity index (χ4v) is 2.33. The third-order valence-corrected chi connectivity index (χ3v) is 3.24. The summed E-state index contributed by atoms with van der Waals surface area (Å²) in [5.41, 5.74) is -0.126. The van der Waals surface area contributed by atoms with Gasteiger partial charge in [-0.2, -0.15) is 4.98 Å². The number of aryl methyl sites for hydroxylation is 1. The van der Waals surface area contributed by atoms with Gasteiger partial charge in [-0.1, -0.05) is 12.1 Å². The van der Waals surface area contributed by atoms with E-state index in [1.165, 1.54) is 0 Å². The van der Waals surface area contributed by atoms with Crippen molar-refractivity contribution < 1.29 is 4.92 Å². The fraction of sp³-hybridized carbons (Fsp3) is 0.231. The molecule has 0 saturated carbocycles. The fourth-order valence-electron chi connectivity index (χ4n) is 2.33. The third kappa shape index (κ3) is 2.43. The van der Waals surface area contributed by atoms with Crippen molar-refractivity contribution in [3.63, 3.8) is 0 Å². The second-order valence-electron chi connectivity index (χ2n) is 4.71. The van der Waals surface area contributed by atoms with Crippen LogP contribution in [0.1, 0.15) is 6.42 Å². The van der Waals surface area contributed by atoms with Crippen LogP contribution in [0.15, 0.2) is 33.9 Å². The van der Waals surface area contributed by atoms with Gasteiger partial charge in [-0.3, -0.25) is 19.9 Å². The topological polar surface area (TPSA) is 124 Å². The van der Waals surface area contributed by atoms with Crippen LogP contribution in [-0.2, 0) is 6.54 Å². The summed E-state index contributed by atoms with van der Waals surface area (Å²) in [5.74, 6) is 0.135. The molecule has 2 aliphatic rings. The van der Waals surface area contributed by atoms with E-state index in [-0.39, 0.29) is 31.0 Å². The van der Waals surface area contributed by atoms with Crippen molar-refractivity contribution in [2.24, 2.45) is 0 Å². The number of nitrogens with one attached hydrogen (secondary N) is 1. The minimum atomic E-state index is -0.766. The second-order valence-corrected chi connectivity index (χ2v) is 4.71. The first-order chi connectivity index (χ1) is 10.6. The highest BCUT2D eigenvalue weighted by atomic mass is 16.6. The minimum Gasteiger partial charge on any atom is -0.322 e. The number of aromatic nitrogens is 4. The van der Waals surface area contributed by atoms with Gasteiger partial charge in [-0.05, 0) is 12.1 Å². The maximum atomic E-state index is 11.9. The maximum Gasteiger partial charge on any atom is 0.349 e. The molecule has 0 aromatic heterocycles. The van der Waals surface area contributed by atoms with E-state index in [2.05, 4.69) is 15.0 Å². The van der Waals surface area contributed by atoms with Crippen LogP contribution in [0.3, 0.4) is 0 Å². The van der Waals surface area contributed by atoms with Crippen LogP contribution in [0.25, 0.3) is 22.6 Å². The molecular formula is C13H11N5O4. The molecule has 0 amide bonds. The highest BCUT2D eigenvalue weighted by molar-refractivity contribution is 5.79. The third-order valence-electron chi connectivity index (χ3n) is 3.24. The van der Waals surface area contributed by atoms with Crippen LogP contribution >= 0.6 is 0 Å². The standard InChI is InChI=1S/C13H11N5O4/c19-12-10-11(15-13(20)16-12)17(6-3-7-18(21)22)9-5-2-1-4-8(9)14-10/h1-2,4-5H,3,6-7H2,(H,16,19,20). The molecule has 0 fully saturated rings. The van der Waals surface area contributed by atoms with Crippen LogP contribution < -0.4 is 11.2 Å². The molecule has 1 aromatic carbocycles. The van der Waals surface area contributed by atoms with Crippen molar-refractivity contribution in [3.05, 3.63) is 55.2 Å². The Kier molecular flexibility index (Phi) is 3.37. The molecule has 0 atom stereocenters. The molecule has 0 saturated heterocycles. The molecule has 2 aliphatic heterocycles. The number of nitro groups is 1. The number of rotatable bonds is 4. The normalized spacial score (nSPS) is 11.1. The SMILES string of the molecule is O=c1nc2n(CCC[N+](=O)[O-])c3ccccc3nc-2c(=O)[nH]1. The molecule has 112 valence electrons. The van der Waals surface area contributed by atoms with E-state index < -0.39 is 16.2 Å². The smallest absolute Gasteiger partial charge is 0.322 e. The van der Waals surface area contributed by atoms with E-state index in [0.29, 0.717) is 11.0 Å². The Bertz CT molecular complexity index is 945. The quantitative estimate of drug-likeness (QED) is 0.418. The number of para-hydroxylation sites is 2. The number of nitrogens with zero attached hydrogens (tertiary/aromatic N) is 4. The molecule has 1 aromatic rings. The Balaban J connectivity index is 2.25. The largest absolute Gasteiger partial charge is 0.349 e. The van der Waals surface area contributed by atoms with Crippen molar-refractivity contribution >= 4 is 11.0 Å². The monoisotopic (exact) mass is 301 g/mol. The number of aromatic amines is 1. The molecule has 1 N–H and O–H groups in total. The van der Waals surface area contributed by atoms with Gasteiger partial charge in [-0.25, -0.2) is 9.78 Å². The highest BCUT2D eigenvalue weighted by Crippen LogP contribution is 2.20. The van der Waals surface area contributed by atoms with E-state index in [0.717, 1.165) is 0 Å². The van der Waals surface area contributed by atoms with Crippen molar-refractivity contribution in [3.8, 4) is 11.5 Å². The van der Waals surface area contributed by atoms with E-state index in [4.69, 9.17) is 0 Å². The van der Waals surface area contributed by atoms with Gasteiger partial charge in [0.15, 0.2) is 11.5 Å². The summed E-state index contributed by atoms with van der Waals surface area (Å²) in [4.78, 5) is 43.5. The Hall–Kier alpha value is -3.10. The van der Waals surface area contributed by atoms with E-state index in [1.807, 2.05) is 0 Å². The lowest BCUT2D eigenvalue weighted by Gasteiger charge is -2.15. The Morgan fingerprint density at radius 2 is 2.00 bits per heavy atom. The summed E-state index contributed by atoms with van der Waals surface area (Å²) >= 11 is 0. The van der Waals surface area contributed by atoms with E-state index in [1.54, 1.807) is 28.8 Å². The predicted octanol–water partition coefficient (Wildman–Crippen LogP) is 0.251. The molecule has 0 spiro atoms. The lowest BCUT2D eigenvalue weighted by Crippen LogP contribution is -2.29. The van der Waals surface area contributed by atoms with Crippen molar-refractivity contribution in [2.75, 3.05) is 6.54 Å². The average molecular weight is 301 g/mol. The zero-order valence-corrected chi connectivity index (χ0v) is 11.4. The van der Waals surface area contributed by atoms with Crippen LogP contribution in [-0.4, -0.2) is 31.0 Å². The van der Waals surface area contributed by atoms with Crippen LogP contribution in [0, 0.1) is 10.1 Å². The highest BCUT2D eigenvalue weighted by Gasteiger charge is 2.18. The summed E-state index contributed by atoms with van der Waals surface area (Å²) in [6.07, 6.45) is 0.253. The van der Waals surface area contributed by atoms with Gasteiger partial charge in [0.25, 0.3) is 5.56 Å². The Morgan fingerprint density at radius 1 is 1.23 bits per heavy atom. The van der Waals surface area contributed by atoms with Crippen molar-refractivity contribution in [2.45, 2.75) is 13.0 Å². The summed E-state index contributed by atoms with van der Waals surface area (Å²) < 4.78 is 1.62. The summed E-state index contributed by atoms with van der Waals surface area (Å²) in [6.45, 7) is 0.0506. The second kappa shape index (κ2) is 5.35. The number of benzene rings is 1. The Morgan fingerprint density at radius 3 is 2.77 bits per heavy atom. The van der Waals surface area contributed by atoms with Gasteiger partial charge in [0.1, 0.15) is 0 Å². The zero-order chi connectivity index (χ0) is 15.7. The van der Waals surface area contributed by atoms with Gasteiger partial charge < -0.3 is 4.57 Å². The first kappa shape index (κ1) is 13.9. The van der Waals surface area contributed by atoms with Crippen molar-refractivity contribution in [1.29, 1.82) is 0 Å². The summed E-state index contributed by atoms with van der Waals surface area (Å²) in [6, 6.07) is 7.04. The van der Waals surface area contributed by atoms with Crippen LogP contribution in [0.4, 0.5) is 0 Å². The van der Waals surface area contributed by atoms with Crippen molar-refractivity contribution in [1.82, 2.24) is 19.5 Å². The number of fused-ring (bicyclic) bond motifs is 2. The van der Waals surface area contributed by atoms with E-state index in [9.17, 15) is 19.7 Å². The molecule has 0 radical (unpaired) electrons. The molecule has 9 nitrogen and oxygen atoms in total. The van der Waals surface area contributed by atoms with Gasteiger partial charge in [0, 0.05) is 17.9 Å². The lowest BCUT2D eigenvalue weighted by molar-refractivity contribution is -0.480. The molecule has 0 bridgehead atoms. The minimum absolute atomic E-state index is 0.0411. The Labute approximate surface area is 122 Å². The number of hydrogen-bond donors (Lipinski definition) is 1. The van der Waals surface area contributed by atoms with E-state index >= 15 is 0 Å². The molecule has 0 unspecified atom stereocenters. The summed E-state index contributed by atoms with van der Waals surface area (Å²) in [5, 5.41) is 10.5. The molecular weight excluding hydrogens is 290 g/mol. The van der Waals surface area contributed by atoms with Gasteiger partial charge >= 0.3 is 5.69 Å².